The summed E-state index contributed by atoms with van der Waals surface area (Å²) in [6.07, 6.45) is 1.70. The molecule has 20 heavy (non-hydrogen) atoms. The molecular weight excluding hydrogens is 278 g/mol. The van der Waals surface area contributed by atoms with Crippen molar-refractivity contribution < 1.29 is 14.7 Å². The van der Waals surface area contributed by atoms with Crippen LogP contribution in [0.5, 0.6) is 0 Å². The van der Waals surface area contributed by atoms with Crippen molar-refractivity contribution in [3.63, 3.8) is 0 Å². The number of nitrogens with zero attached hydrogens (tertiary/aromatic N) is 2. The van der Waals surface area contributed by atoms with Gasteiger partial charge in [0.25, 0.3) is 5.91 Å². The zero-order valence-electron chi connectivity index (χ0n) is 11.4. The quantitative estimate of drug-likeness (QED) is 0.899. The molecule has 0 fully saturated rings. The largest absolute Gasteiger partial charge is 0.480 e. The molecule has 7 heteroatoms. The number of carboxylic acids is 1. The van der Waals surface area contributed by atoms with Crippen LogP contribution in [0, 0.1) is 13.8 Å². The molecule has 2 N–H and O–H groups in total. The van der Waals surface area contributed by atoms with E-state index in [9.17, 15) is 9.59 Å². The molecule has 2 aromatic rings. The summed E-state index contributed by atoms with van der Waals surface area (Å²) in [5.74, 6) is -1.46. The molecule has 0 radical (unpaired) electrons. The van der Waals surface area contributed by atoms with Gasteiger partial charge in [0.2, 0.25) is 0 Å². The van der Waals surface area contributed by atoms with Crippen LogP contribution < -0.4 is 5.32 Å². The van der Waals surface area contributed by atoms with Gasteiger partial charge in [-0.2, -0.15) is 0 Å². The summed E-state index contributed by atoms with van der Waals surface area (Å²) >= 11 is 1.47. The Morgan fingerprint density at radius 1 is 1.45 bits per heavy atom. The Morgan fingerprint density at radius 3 is 2.70 bits per heavy atom. The number of carbonyl (C=O) groups excluding carboxylic acids is 1. The average Bonchev–Trinajstić information content (AvgIpc) is 2.97. The number of aromatic nitrogens is 2. The van der Waals surface area contributed by atoms with E-state index >= 15 is 0 Å². The zero-order valence-corrected chi connectivity index (χ0v) is 12.2. The van der Waals surface area contributed by atoms with Crippen molar-refractivity contribution in [1.82, 2.24) is 14.9 Å². The van der Waals surface area contributed by atoms with E-state index < -0.39 is 17.9 Å². The van der Waals surface area contributed by atoms with E-state index in [2.05, 4.69) is 10.3 Å². The number of aryl methyl sites for hydroxylation is 1. The maximum absolute atomic E-state index is 12.1. The molecule has 0 saturated carbocycles. The van der Waals surface area contributed by atoms with Crippen molar-refractivity contribution in [2.45, 2.75) is 26.8 Å². The zero-order chi connectivity index (χ0) is 14.9. The van der Waals surface area contributed by atoms with Gasteiger partial charge in [0.15, 0.2) is 5.13 Å². The van der Waals surface area contributed by atoms with E-state index in [0.29, 0.717) is 5.56 Å². The van der Waals surface area contributed by atoms with Gasteiger partial charge in [-0.15, -0.1) is 11.3 Å². The lowest BCUT2D eigenvalue weighted by Crippen LogP contribution is -2.38. The lowest BCUT2D eigenvalue weighted by molar-refractivity contribution is -0.138. The molecule has 106 valence electrons. The monoisotopic (exact) mass is 293 g/mol. The lowest BCUT2D eigenvalue weighted by Gasteiger charge is -2.09. The summed E-state index contributed by atoms with van der Waals surface area (Å²) < 4.78 is 1.88. The first-order valence-corrected chi connectivity index (χ1v) is 6.92. The van der Waals surface area contributed by atoms with Crippen LogP contribution in [-0.4, -0.2) is 32.6 Å². The van der Waals surface area contributed by atoms with Crippen LogP contribution in [0.4, 0.5) is 0 Å². The van der Waals surface area contributed by atoms with Gasteiger partial charge in [-0.25, -0.2) is 4.98 Å². The first kappa shape index (κ1) is 14.3. The summed E-state index contributed by atoms with van der Waals surface area (Å²) in [5, 5.41) is 13.9. The summed E-state index contributed by atoms with van der Waals surface area (Å²) in [6, 6.07) is 0.811. The summed E-state index contributed by atoms with van der Waals surface area (Å²) in [7, 11) is 0. The maximum atomic E-state index is 12.1. The molecule has 0 spiro atoms. The number of aliphatic carboxylic acids is 1. The van der Waals surface area contributed by atoms with Gasteiger partial charge in [-0.1, -0.05) is 0 Å². The second-order valence-electron chi connectivity index (χ2n) is 4.47. The van der Waals surface area contributed by atoms with Crippen LogP contribution >= 0.6 is 11.3 Å². The average molecular weight is 293 g/mol. The van der Waals surface area contributed by atoms with E-state index in [1.807, 2.05) is 23.8 Å². The summed E-state index contributed by atoms with van der Waals surface area (Å²) in [4.78, 5) is 27.1. The number of carboxylic acid groups (broad SMARTS) is 1. The number of carbonyl (C=O) groups is 2. The van der Waals surface area contributed by atoms with Crippen LogP contribution in [0.1, 0.15) is 28.7 Å². The van der Waals surface area contributed by atoms with E-state index in [0.717, 1.165) is 16.5 Å². The highest BCUT2D eigenvalue weighted by molar-refractivity contribution is 7.12. The molecule has 1 amide bonds. The lowest BCUT2D eigenvalue weighted by atomic mass is 10.2. The number of hydrogen-bond donors (Lipinski definition) is 2. The Bertz CT molecular complexity index is 646. The molecule has 0 aliphatic rings. The molecule has 6 nitrogen and oxygen atoms in total. The molecule has 0 bridgehead atoms. The topological polar surface area (TPSA) is 84.2 Å². The molecule has 1 unspecified atom stereocenters. The van der Waals surface area contributed by atoms with E-state index in [1.54, 1.807) is 12.3 Å². The third kappa shape index (κ3) is 2.57. The highest BCUT2D eigenvalue weighted by Gasteiger charge is 2.21. The Labute approximate surface area is 120 Å². The summed E-state index contributed by atoms with van der Waals surface area (Å²) in [5.41, 5.74) is 2.09. The van der Waals surface area contributed by atoms with Gasteiger partial charge in [-0.05, 0) is 26.8 Å². The first-order chi connectivity index (χ1) is 9.41. The Morgan fingerprint density at radius 2 is 2.15 bits per heavy atom. The van der Waals surface area contributed by atoms with Gasteiger partial charge in [0.1, 0.15) is 6.04 Å². The first-order valence-electron chi connectivity index (χ1n) is 6.04. The highest BCUT2D eigenvalue weighted by Crippen LogP contribution is 2.22. The van der Waals surface area contributed by atoms with Crippen molar-refractivity contribution in [3.05, 3.63) is 34.6 Å². The number of nitrogens with one attached hydrogen (secondary N) is 1. The number of hydrogen-bond acceptors (Lipinski definition) is 4. The normalized spacial score (nSPS) is 12.2. The molecule has 0 saturated heterocycles. The minimum absolute atomic E-state index is 0.393. The van der Waals surface area contributed by atoms with Gasteiger partial charge in [0.05, 0.1) is 5.56 Å². The molecule has 2 rings (SSSR count). The fraction of sp³-hybridized carbons (Fsp3) is 0.308. The van der Waals surface area contributed by atoms with Crippen molar-refractivity contribution in [2.24, 2.45) is 0 Å². The number of amides is 1. The minimum atomic E-state index is -1.06. The summed E-state index contributed by atoms with van der Waals surface area (Å²) in [6.45, 7) is 5.13. The van der Waals surface area contributed by atoms with Crippen molar-refractivity contribution in [3.8, 4) is 5.13 Å². The molecule has 0 aliphatic heterocycles. The SMILES string of the molecule is Cc1cc(C(=O)NC(C)C(=O)O)c(C)n1-c1nccs1. The van der Waals surface area contributed by atoms with Crippen molar-refractivity contribution >= 4 is 23.2 Å². The highest BCUT2D eigenvalue weighted by atomic mass is 32.1. The molecule has 1 atom stereocenters. The minimum Gasteiger partial charge on any atom is -0.480 e. The molecule has 2 heterocycles. The van der Waals surface area contributed by atoms with Crippen LogP contribution in [-0.2, 0) is 4.79 Å². The van der Waals surface area contributed by atoms with Crippen LogP contribution in [0.15, 0.2) is 17.6 Å². The second kappa shape index (κ2) is 5.46. The van der Waals surface area contributed by atoms with Gasteiger partial charge < -0.3 is 10.4 Å². The third-order valence-electron chi connectivity index (χ3n) is 3.00. The van der Waals surface area contributed by atoms with Crippen molar-refractivity contribution in [1.29, 1.82) is 0 Å². The molecule has 0 aromatic carbocycles. The Hall–Kier alpha value is -2.15. The number of rotatable bonds is 4. The molecule has 0 aliphatic carbocycles. The van der Waals surface area contributed by atoms with E-state index in [4.69, 9.17) is 5.11 Å². The van der Waals surface area contributed by atoms with Crippen LogP contribution in [0.2, 0.25) is 0 Å². The Balaban J connectivity index is 2.33. The van der Waals surface area contributed by atoms with Gasteiger partial charge >= 0.3 is 5.97 Å². The van der Waals surface area contributed by atoms with Crippen LogP contribution in [0.3, 0.4) is 0 Å². The van der Waals surface area contributed by atoms with Crippen LogP contribution in [0.25, 0.3) is 5.13 Å². The Kier molecular flexibility index (Phi) is 3.89. The molecule has 2 aromatic heterocycles. The second-order valence-corrected chi connectivity index (χ2v) is 5.34. The van der Waals surface area contributed by atoms with E-state index in [-0.39, 0.29) is 0 Å². The van der Waals surface area contributed by atoms with E-state index in [1.165, 1.54) is 18.3 Å². The number of thiazole rings is 1. The van der Waals surface area contributed by atoms with Gasteiger partial charge in [-0.3, -0.25) is 14.2 Å². The smallest absolute Gasteiger partial charge is 0.325 e. The predicted molar refractivity (Wildman–Crippen MR) is 75.5 cm³/mol. The van der Waals surface area contributed by atoms with Gasteiger partial charge in [0, 0.05) is 23.0 Å². The maximum Gasteiger partial charge on any atom is 0.325 e. The third-order valence-corrected chi connectivity index (χ3v) is 3.76. The predicted octanol–water partition coefficient (Wildman–Crippen LogP) is 1.75. The van der Waals surface area contributed by atoms with Crippen molar-refractivity contribution in [2.75, 3.05) is 0 Å². The molecular formula is C13H15N3O3S. The fourth-order valence-corrected chi connectivity index (χ4v) is 2.70. The standard InChI is InChI=1S/C13H15N3O3S/c1-7-6-10(11(17)15-8(2)12(18)19)9(3)16(7)13-14-4-5-20-13/h4-6,8H,1-3H3,(H,15,17)(H,18,19). The fourth-order valence-electron chi connectivity index (χ4n) is 1.95.